The molecule has 1 rings (SSSR count). The van der Waals surface area contributed by atoms with E-state index < -0.39 is 5.92 Å². The SMILES string of the molecule is CC(CCl)CSCC(F)(F)c1ccccc1. The van der Waals surface area contributed by atoms with Gasteiger partial charge in [0.15, 0.2) is 0 Å². The Morgan fingerprint density at radius 3 is 2.50 bits per heavy atom. The average Bonchev–Trinajstić information content (AvgIpc) is 2.30. The standard InChI is InChI=1S/C12H15ClF2S/c1-10(7-13)8-16-9-12(14,15)11-5-3-2-4-6-11/h2-6,10H,7-9H2,1H3. The monoisotopic (exact) mass is 264 g/mol. The Morgan fingerprint density at radius 2 is 1.94 bits per heavy atom. The maximum atomic E-state index is 13.7. The smallest absolute Gasteiger partial charge is 0.200 e. The number of benzene rings is 1. The van der Waals surface area contributed by atoms with Crippen LogP contribution in [0, 0.1) is 5.92 Å². The molecule has 0 aromatic heterocycles. The van der Waals surface area contributed by atoms with Crippen LogP contribution in [0.25, 0.3) is 0 Å². The van der Waals surface area contributed by atoms with Crippen molar-refractivity contribution < 1.29 is 8.78 Å². The van der Waals surface area contributed by atoms with Gasteiger partial charge in [0.25, 0.3) is 5.92 Å². The van der Waals surface area contributed by atoms with Crippen molar-refractivity contribution in [2.75, 3.05) is 17.4 Å². The molecule has 1 atom stereocenters. The van der Waals surface area contributed by atoms with Crippen molar-refractivity contribution in [2.24, 2.45) is 5.92 Å². The first-order chi connectivity index (χ1) is 7.56. The van der Waals surface area contributed by atoms with Crippen molar-refractivity contribution in [2.45, 2.75) is 12.8 Å². The van der Waals surface area contributed by atoms with Crippen molar-refractivity contribution in [3.63, 3.8) is 0 Å². The highest BCUT2D eigenvalue weighted by atomic mass is 35.5. The summed E-state index contributed by atoms with van der Waals surface area (Å²) in [5.41, 5.74) is 0.0843. The number of hydrogen-bond donors (Lipinski definition) is 0. The highest BCUT2D eigenvalue weighted by Gasteiger charge is 2.30. The maximum Gasteiger partial charge on any atom is 0.282 e. The van der Waals surface area contributed by atoms with E-state index in [2.05, 4.69) is 0 Å². The summed E-state index contributed by atoms with van der Waals surface area (Å²) < 4.78 is 27.3. The van der Waals surface area contributed by atoms with Gasteiger partial charge in [-0.15, -0.1) is 11.6 Å². The van der Waals surface area contributed by atoms with E-state index in [4.69, 9.17) is 11.6 Å². The molecule has 1 aromatic rings. The highest BCUT2D eigenvalue weighted by molar-refractivity contribution is 7.99. The molecule has 0 radical (unpaired) electrons. The summed E-state index contributed by atoms with van der Waals surface area (Å²) >= 11 is 6.87. The largest absolute Gasteiger partial charge is 0.282 e. The van der Waals surface area contributed by atoms with Gasteiger partial charge < -0.3 is 0 Å². The fourth-order valence-electron chi connectivity index (χ4n) is 1.20. The highest BCUT2D eigenvalue weighted by Crippen LogP contribution is 2.32. The van der Waals surface area contributed by atoms with Gasteiger partial charge in [0.1, 0.15) is 0 Å². The second kappa shape index (κ2) is 6.45. The van der Waals surface area contributed by atoms with Crippen molar-refractivity contribution in [1.29, 1.82) is 0 Å². The molecule has 4 heteroatoms. The predicted octanol–water partition coefficient (Wildman–Crippen LogP) is 4.39. The van der Waals surface area contributed by atoms with Crippen LogP contribution >= 0.6 is 23.4 Å². The lowest BCUT2D eigenvalue weighted by Crippen LogP contribution is -2.17. The fraction of sp³-hybridized carbons (Fsp3) is 0.500. The topological polar surface area (TPSA) is 0 Å². The Balaban J connectivity index is 2.46. The lowest BCUT2D eigenvalue weighted by atomic mass is 10.1. The minimum atomic E-state index is -2.75. The molecule has 0 aliphatic rings. The van der Waals surface area contributed by atoms with Gasteiger partial charge in [-0.05, 0) is 11.7 Å². The van der Waals surface area contributed by atoms with Crippen LogP contribution in [0.3, 0.4) is 0 Å². The van der Waals surface area contributed by atoms with Gasteiger partial charge in [0, 0.05) is 11.4 Å². The zero-order chi connectivity index (χ0) is 12.0. The molecular weight excluding hydrogens is 250 g/mol. The molecule has 90 valence electrons. The average molecular weight is 265 g/mol. The summed E-state index contributed by atoms with van der Waals surface area (Å²) in [6.07, 6.45) is 0. The third-order valence-electron chi connectivity index (χ3n) is 2.15. The fourth-order valence-corrected chi connectivity index (χ4v) is 2.50. The molecular formula is C12H15ClF2S. The zero-order valence-corrected chi connectivity index (χ0v) is 10.7. The Hall–Kier alpha value is -0.280. The number of halogens is 3. The van der Waals surface area contributed by atoms with Crippen LogP contribution < -0.4 is 0 Å². The Labute approximate surface area is 104 Å². The van der Waals surface area contributed by atoms with Crippen molar-refractivity contribution in [3.8, 4) is 0 Å². The summed E-state index contributed by atoms with van der Waals surface area (Å²) in [5.74, 6) is -1.47. The van der Waals surface area contributed by atoms with Crippen LogP contribution in [0.2, 0.25) is 0 Å². The summed E-state index contributed by atoms with van der Waals surface area (Å²) in [4.78, 5) is 0. The molecule has 0 saturated heterocycles. The lowest BCUT2D eigenvalue weighted by molar-refractivity contribution is 0.0231. The van der Waals surface area contributed by atoms with Crippen molar-refractivity contribution in [3.05, 3.63) is 35.9 Å². The first kappa shape index (κ1) is 13.8. The molecule has 1 unspecified atom stereocenters. The van der Waals surface area contributed by atoms with E-state index >= 15 is 0 Å². The van der Waals surface area contributed by atoms with E-state index in [0.717, 1.165) is 0 Å². The van der Waals surface area contributed by atoms with E-state index in [-0.39, 0.29) is 17.2 Å². The summed E-state index contributed by atoms with van der Waals surface area (Å²) in [5, 5.41) is 0. The van der Waals surface area contributed by atoms with Crippen molar-refractivity contribution >= 4 is 23.4 Å². The molecule has 0 heterocycles. The zero-order valence-electron chi connectivity index (χ0n) is 9.13. The Morgan fingerprint density at radius 1 is 1.31 bits per heavy atom. The van der Waals surface area contributed by atoms with Gasteiger partial charge in [0.2, 0.25) is 0 Å². The molecule has 0 bridgehead atoms. The van der Waals surface area contributed by atoms with Crippen molar-refractivity contribution in [1.82, 2.24) is 0 Å². The maximum absolute atomic E-state index is 13.7. The summed E-state index contributed by atoms with van der Waals surface area (Å²) in [6, 6.07) is 7.93. The van der Waals surface area contributed by atoms with Crippen LogP contribution in [0.15, 0.2) is 30.3 Å². The van der Waals surface area contributed by atoms with Gasteiger partial charge in [0.05, 0.1) is 5.75 Å². The van der Waals surface area contributed by atoms with E-state index in [1.807, 2.05) is 6.92 Å². The van der Waals surface area contributed by atoms with Gasteiger partial charge in [-0.1, -0.05) is 37.3 Å². The molecule has 16 heavy (non-hydrogen) atoms. The van der Waals surface area contributed by atoms with Crippen LogP contribution in [0.1, 0.15) is 12.5 Å². The van der Waals surface area contributed by atoms with Gasteiger partial charge in [-0.2, -0.15) is 11.8 Å². The Bertz CT molecular complexity index is 303. The summed E-state index contributed by atoms with van der Waals surface area (Å²) in [6.45, 7) is 1.96. The molecule has 0 aliphatic carbocycles. The predicted molar refractivity (Wildman–Crippen MR) is 67.5 cm³/mol. The first-order valence-electron chi connectivity index (χ1n) is 5.13. The Kier molecular flexibility index (Phi) is 5.56. The number of thioether (sulfide) groups is 1. The van der Waals surface area contributed by atoms with Crippen LogP contribution in [0.5, 0.6) is 0 Å². The second-order valence-electron chi connectivity index (χ2n) is 3.85. The minimum absolute atomic E-state index is 0.0843. The number of rotatable bonds is 6. The molecule has 1 aromatic carbocycles. The molecule has 0 saturated carbocycles. The quantitative estimate of drug-likeness (QED) is 0.687. The first-order valence-corrected chi connectivity index (χ1v) is 6.82. The van der Waals surface area contributed by atoms with E-state index in [9.17, 15) is 8.78 Å². The second-order valence-corrected chi connectivity index (χ2v) is 5.18. The minimum Gasteiger partial charge on any atom is -0.200 e. The lowest BCUT2D eigenvalue weighted by Gasteiger charge is -2.17. The molecule has 0 amide bonds. The molecule has 0 N–H and O–H groups in total. The van der Waals surface area contributed by atoms with Crippen LogP contribution in [0.4, 0.5) is 8.78 Å². The summed E-state index contributed by atoms with van der Waals surface area (Å²) in [7, 11) is 0. The number of hydrogen-bond acceptors (Lipinski definition) is 1. The van der Waals surface area contributed by atoms with Gasteiger partial charge >= 0.3 is 0 Å². The number of alkyl halides is 3. The molecule has 0 fully saturated rings. The third kappa shape index (κ3) is 4.30. The van der Waals surface area contributed by atoms with E-state index in [1.54, 1.807) is 18.2 Å². The van der Waals surface area contributed by atoms with Gasteiger partial charge in [-0.25, -0.2) is 8.78 Å². The third-order valence-corrected chi connectivity index (χ3v) is 4.04. The molecule has 0 nitrogen and oxygen atoms in total. The molecule has 0 spiro atoms. The molecule has 0 aliphatic heterocycles. The normalized spacial score (nSPS) is 13.8. The van der Waals surface area contributed by atoms with Crippen LogP contribution in [-0.4, -0.2) is 17.4 Å². The van der Waals surface area contributed by atoms with Gasteiger partial charge in [-0.3, -0.25) is 0 Å². The van der Waals surface area contributed by atoms with E-state index in [1.165, 1.54) is 23.9 Å². The van der Waals surface area contributed by atoms with Crippen LogP contribution in [-0.2, 0) is 5.92 Å². The van der Waals surface area contributed by atoms with E-state index in [0.29, 0.717) is 11.6 Å².